The zero-order valence-electron chi connectivity index (χ0n) is 15.5. The molecule has 2 aliphatic rings. The number of hydrogen-bond donors (Lipinski definition) is 2. The minimum Gasteiger partial charge on any atom is -0.481 e. The molecule has 0 radical (unpaired) electrons. The minimum absolute atomic E-state index is 0. The molecule has 2 N–H and O–H groups in total. The number of guanidine groups is 1. The van der Waals surface area contributed by atoms with Crippen LogP contribution in [0.5, 0.6) is 5.88 Å². The molecule has 0 bridgehead atoms. The van der Waals surface area contributed by atoms with Crippen LogP contribution >= 0.6 is 24.0 Å². The van der Waals surface area contributed by atoms with E-state index in [1.54, 1.807) is 13.3 Å². The maximum Gasteiger partial charge on any atom is 0.220 e. The number of pyridine rings is 1. The number of piperidine rings is 1. The van der Waals surface area contributed by atoms with E-state index in [4.69, 9.17) is 9.73 Å². The smallest absolute Gasteiger partial charge is 0.220 e. The second-order valence-electron chi connectivity index (χ2n) is 6.82. The van der Waals surface area contributed by atoms with Crippen LogP contribution in [0.4, 0.5) is 0 Å². The summed E-state index contributed by atoms with van der Waals surface area (Å²) in [5.74, 6) is 1.68. The Kier molecular flexibility index (Phi) is 7.48. The van der Waals surface area contributed by atoms with Crippen molar-refractivity contribution in [3.63, 3.8) is 0 Å². The lowest BCUT2D eigenvalue weighted by Gasteiger charge is -2.40. The summed E-state index contributed by atoms with van der Waals surface area (Å²) < 4.78 is 5.31. The molecule has 2 aliphatic heterocycles. The van der Waals surface area contributed by atoms with Gasteiger partial charge in [0.25, 0.3) is 0 Å². The van der Waals surface area contributed by atoms with E-state index in [2.05, 4.69) is 27.4 Å². The van der Waals surface area contributed by atoms with Crippen molar-refractivity contribution >= 4 is 35.8 Å². The van der Waals surface area contributed by atoms with Crippen molar-refractivity contribution in [2.45, 2.75) is 32.7 Å². The van der Waals surface area contributed by atoms with E-state index in [1.807, 2.05) is 12.1 Å². The van der Waals surface area contributed by atoms with Gasteiger partial charge in [-0.2, -0.15) is 0 Å². The zero-order chi connectivity index (χ0) is 17.7. The number of halogens is 1. The van der Waals surface area contributed by atoms with E-state index in [9.17, 15) is 4.79 Å². The van der Waals surface area contributed by atoms with Gasteiger partial charge in [0.05, 0.1) is 13.7 Å². The number of ether oxygens (including phenoxy) is 1. The molecule has 1 unspecified atom stereocenters. The number of likely N-dealkylation sites (tertiary alicyclic amines) is 1. The van der Waals surface area contributed by atoms with Crippen molar-refractivity contribution in [1.29, 1.82) is 0 Å². The molecular formula is C18H28IN5O2. The van der Waals surface area contributed by atoms with Crippen molar-refractivity contribution in [3.8, 4) is 5.88 Å². The van der Waals surface area contributed by atoms with Gasteiger partial charge in [-0.1, -0.05) is 6.07 Å². The van der Waals surface area contributed by atoms with Gasteiger partial charge in [0, 0.05) is 49.8 Å². The SMILES string of the molecule is CCNC(=NCc1cccnc1OC)N1CCCC2(CNC(=O)C2)C1.I. The van der Waals surface area contributed by atoms with Gasteiger partial charge in [0.15, 0.2) is 5.96 Å². The van der Waals surface area contributed by atoms with E-state index in [1.165, 1.54) is 0 Å². The summed E-state index contributed by atoms with van der Waals surface area (Å²) >= 11 is 0. The van der Waals surface area contributed by atoms with Crippen LogP contribution in [-0.4, -0.2) is 55.0 Å². The summed E-state index contributed by atoms with van der Waals surface area (Å²) in [7, 11) is 1.62. The van der Waals surface area contributed by atoms with Crippen LogP contribution in [-0.2, 0) is 11.3 Å². The van der Waals surface area contributed by atoms with Crippen molar-refractivity contribution < 1.29 is 9.53 Å². The van der Waals surface area contributed by atoms with Crippen molar-refractivity contribution in [2.24, 2.45) is 10.4 Å². The number of carbonyl (C=O) groups excluding carboxylic acids is 1. The monoisotopic (exact) mass is 473 g/mol. The fourth-order valence-corrected chi connectivity index (χ4v) is 3.74. The number of hydrogen-bond acceptors (Lipinski definition) is 4. The number of aromatic nitrogens is 1. The van der Waals surface area contributed by atoms with Crippen LogP contribution in [0.1, 0.15) is 31.7 Å². The highest BCUT2D eigenvalue weighted by atomic mass is 127. The van der Waals surface area contributed by atoms with Crippen molar-refractivity contribution in [2.75, 3.05) is 33.3 Å². The van der Waals surface area contributed by atoms with Crippen LogP contribution in [0.3, 0.4) is 0 Å². The predicted octanol–water partition coefficient (Wildman–Crippen LogP) is 1.78. The Morgan fingerprint density at radius 2 is 2.38 bits per heavy atom. The minimum atomic E-state index is 0. The fraction of sp³-hybridized carbons (Fsp3) is 0.611. The normalized spacial score (nSPS) is 22.8. The van der Waals surface area contributed by atoms with E-state index < -0.39 is 0 Å². The largest absolute Gasteiger partial charge is 0.481 e. The highest BCUT2D eigenvalue weighted by molar-refractivity contribution is 14.0. The molecule has 26 heavy (non-hydrogen) atoms. The third kappa shape index (κ3) is 4.77. The summed E-state index contributed by atoms with van der Waals surface area (Å²) in [6.45, 7) is 6.00. The molecule has 1 spiro atoms. The predicted molar refractivity (Wildman–Crippen MR) is 112 cm³/mol. The first-order valence-corrected chi connectivity index (χ1v) is 8.94. The average molecular weight is 473 g/mol. The van der Waals surface area contributed by atoms with Crippen molar-refractivity contribution in [1.82, 2.24) is 20.5 Å². The molecule has 0 aromatic carbocycles. The van der Waals surface area contributed by atoms with Gasteiger partial charge >= 0.3 is 0 Å². The highest BCUT2D eigenvalue weighted by Gasteiger charge is 2.42. The average Bonchev–Trinajstić information content (AvgIpc) is 2.98. The molecule has 7 nitrogen and oxygen atoms in total. The van der Waals surface area contributed by atoms with Gasteiger partial charge in [-0.3, -0.25) is 4.79 Å². The first-order chi connectivity index (χ1) is 12.2. The number of nitrogens with one attached hydrogen (secondary N) is 2. The van der Waals surface area contributed by atoms with E-state index >= 15 is 0 Å². The first kappa shape index (κ1) is 20.7. The second-order valence-corrected chi connectivity index (χ2v) is 6.82. The lowest BCUT2D eigenvalue weighted by molar-refractivity contribution is -0.119. The molecule has 144 valence electrons. The number of nitrogens with zero attached hydrogens (tertiary/aromatic N) is 3. The molecule has 3 rings (SSSR count). The molecule has 1 atom stereocenters. The summed E-state index contributed by atoms with van der Waals surface area (Å²) in [5.41, 5.74) is 1.02. The molecule has 2 fully saturated rings. The van der Waals surface area contributed by atoms with Crippen LogP contribution in [0.2, 0.25) is 0 Å². The third-order valence-corrected chi connectivity index (χ3v) is 4.93. The number of rotatable bonds is 4. The van der Waals surface area contributed by atoms with Crippen LogP contribution in [0.25, 0.3) is 0 Å². The maximum atomic E-state index is 11.7. The molecule has 1 aromatic rings. The van der Waals surface area contributed by atoms with Crippen LogP contribution < -0.4 is 15.4 Å². The van der Waals surface area contributed by atoms with Gasteiger partial charge in [-0.05, 0) is 25.8 Å². The number of amides is 1. The summed E-state index contributed by atoms with van der Waals surface area (Å²) in [4.78, 5) is 23.0. The van der Waals surface area contributed by atoms with E-state index in [0.29, 0.717) is 18.8 Å². The van der Waals surface area contributed by atoms with Gasteiger partial charge in [0.1, 0.15) is 0 Å². The van der Waals surface area contributed by atoms with Crippen LogP contribution in [0.15, 0.2) is 23.3 Å². The van der Waals surface area contributed by atoms with Crippen LogP contribution in [0, 0.1) is 5.41 Å². The molecule has 1 aromatic heterocycles. The topological polar surface area (TPSA) is 78.9 Å². The zero-order valence-corrected chi connectivity index (χ0v) is 17.8. The molecule has 2 saturated heterocycles. The fourth-order valence-electron chi connectivity index (χ4n) is 3.74. The molecule has 8 heteroatoms. The Balaban J connectivity index is 0.00000243. The maximum absolute atomic E-state index is 11.7. The summed E-state index contributed by atoms with van der Waals surface area (Å²) in [6.07, 6.45) is 4.52. The number of methoxy groups -OCH3 is 1. The highest BCUT2D eigenvalue weighted by Crippen LogP contribution is 2.36. The van der Waals surface area contributed by atoms with Gasteiger partial charge < -0.3 is 20.3 Å². The summed E-state index contributed by atoms with van der Waals surface area (Å²) in [5, 5.41) is 6.38. The second kappa shape index (κ2) is 9.38. The molecule has 0 saturated carbocycles. The van der Waals surface area contributed by atoms with E-state index in [0.717, 1.165) is 50.5 Å². The molecule has 0 aliphatic carbocycles. The van der Waals surface area contributed by atoms with Gasteiger partial charge in [-0.15, -0.1) is 24.0 Å². The van der Waals surface area contributed by atoms with E-state index in [-0.39, 0.29) is 35.3 Å². The lowest BCUT2D eigenvalue weighted by Crippen LogP contribution is -2.51. The first-order valence-electron chi connectivity index (χ1n) is 8.94. The lowest BCUT2D eigenvalue weighted by atomic mass is 9.79. The van der Waals surface area contributed by atoms with Gasteiger partial charge in [-0.25, -0.2) is 9.98 Å². The third-order valence-electron chi connectivity index (χ3n) is 4.93. The Hall–Kier alpha value is -1.58. The van der Waals surface area contributed by atoms with Gasteiger partial charge in [0.2, 0.25) is 11.8 Å². The quantitative estimate of drug-likeness (QED) is 0.396. The molecule has 3 heterocycles. The Morgan fingerprint density at radius 3 is 3.08 bits per heavy atom. The Labute approximate surface area is 172 Å². The Morgan fingerprint density at radius 1 is 1.54 bits per heavy atom. The summed E-state index contributed by atoms with van der Waals surface area (Å²) in [6, 6.07) is 3.88. The molecular weight excluding hydrogens is 445 g/mol. The number of carbonyl (C=O) groups is 1. The molecule has 1 amide bonds. The number of aliphatic imine (C=N–C) groups is 1. The Bertz CT molecular complexity index is 654. The standard InChI is InChI=1S/C18H27N5O2.HI/c1-3-19-17(21-11-14-6-4-8-20-16(14)25-2)23-9-5-7-18(13-23)10-15(24)22-12-18;/h4,6,8H,3,5,7,9-13H2,1-2H3,(H,19,21)(H,22,24);1H. The van der Waals surface area contributed by atoms with Crippen molar-refractivity contribution in [3.05, 3.63) is 23.9 Å².